The molecular formula is C18H24BNO3. The molecule has 1 aromatic carbocycles. The Labute approximate surface area is 138 Å². The van der Waals surface area contributed by atoms with Crippen molar-refractivity contribution in [3.8, 4) is 6.07 Å². The maximum absolute atomic E-state index is 9.55. The molecule has 2 aliphatic rings. The van der Waals surface area contributed by atoms with Crippen molar-refractivity contribution >= 4 is 12.6 Å². The lowest BCUT2D eigenvalue weighted by Crippen LogP contribution is -2.41. The van der Waals surface area contributed by atoms with E-state index in [1.807, 2.05) is 45.9 Å². The van der Waals surface area contributed by atoms with Crippen LogP contribution in [0.1, 0.15) is 57.6 Å². The lowest BCUT2D eigenvalue weighted by Gasteiger charge is -2.32. The Morgan fingerprint density at radius 3 is 2.43 bits per heavy atom. The molecular weight excluding hydrogens is 289 g/mol. The van der Waals surface area contributed by atoms with Crippen LogP contribution >= 0.6 is 0 Å². The number of ether oxygens (including phenoxy) is 1. The first-order chi connectivity index (χ1) is 10.8. The molecule has 0 radical (unpaired) electrons. The normalized spacial score (nSPS) is 26.0. The number of benzene rings is 1. The molecule has 1 unspecified atom stereocenters. The number of hydrogen-bond donors (Lipinski definition) is 0. The molecule has 0 aliphatic carbocycles. The van der Waals surface area contributed by atoms with E-state index in [1.54, 1.807) is 0 Å². The lowest BCUT2D eigenvalue weighted by atomic mass is 9.76. The minimum absolute atomic E-state index is 0.311. The highest BCUT2D eigenvalue weighted by Gasteiger charge is 2.51. The first-order valence-corrected chi connectivity index (χ1v) is 8.31. The van der Waals surface area contributed by atoms with Crippen LogP contribution in [0.5, 0.6) is 0 Å². The fourth-order valence-electron chi connectivity index (χ4n) is 3.14. The standard InChI is InChI=1S/C18H24BNO3/c1-17(2)18(3,4)23-19(22-17)15-7-8-16(14(10-15)11-20)13-6-5-9-21-12-13/h7-8,10,13H,5-6,9,12H2,1-4H3. The van der Waals surface area contributed by atoms with Crippen molar-refractivity contribution in [2.24, 2.45) is 0 Å². The second kappa shape index (κ2) is 5.94. The highest BCUT2D eigenvalue weighted by atomic mass is 16.7. The van der Waals surface area contributed by atoms with E-state index in [-0.39, 0.29) is 11.2 Å². The number of nitrogens with zero attached hydrogens (tertiary/aromatic N) is 1. The Balaban J connectivity index is 1.87. The summed E-state index contributed by atoms with van der Waals surface area (Å²) in [4.78, 5) is 0. The van der Waals surface area contributed by atoms with Gasteiger partial charge in [0.2, 0.25) is 0 Å². The van der Waals surface area contributed by atoms with E-state index in [2.05, 4.69) is 6.07 Å². The van der Waals surface area contributed by atoms with Crippen molar-refractivity contribution in [3.05, 3.63) is 29.3 Å². The third kappa shape index (κ3) is 3.04. The highest BCUT2D eigenvalue weighted by molar-refractivity contribution is 6.62. The first-order valence-electron chi connectivity index (χ1n) is 8.31. The summed E-state index contributed by atoms with van der Waals surface area (Å²) in [6, 6.07) is 8.30. The topological polar surface area (TPSA) is 51.5 Å². The summed E-state index contributed by atoms with van der Waals surface area (Å²) in [5.41, 5.74) is 1.93. The molecule has 4 nitrogen and oxygen atoms in total. The van der Waals surface area contributed by atoms with Gasteiger partial charge in [0.05, 0.1) is 29.4 Å². The second-order valence-corrected chi connectivity index (χ2v) is 7.46. The van der Waals surface area contributed by atoms with Gasteiger partial charge in [0.15, 0.2) is 0 Å². The third-order valence-electron chi connectivity index (χ3n) is 5.32. The summed E-state index contributed by atoms with van der Waals surface area (Å²) >= 11 is 0. The van der Waals surface area contributed by atoms with Crippen LogP contribution in [-0.2, 0) is 14.0 Å². The number of nitriles is 1. The van der Waals surface area contributed by atoms with Gasteiger partial charge in [-0.3, -0.25) is 0 Å². The molecule has 1 aromatic rings. The summed E-state index contributed by atoms with van der Waals surface area (Å²) in [5, 5.41) is 9.55. The molecule has 2 fully saturated rings. The van der Waals surface area contributed by atoms with E-state index < -0.39 is 7.12 Å². The predicted molar refractivity (Wildman–Crippen MR) is 89.7 cm³/mol. The van der Waals surface area contributed by atoms with Gasteiger partial charge >= 0.3 is 7.12 Å². The Bertz CT molecular complexity index is 614. The van der Waals surface area contributed by atoms with E-state index in [0.29, 0.717) is 18.1 Å². The smallest absolute Gasteiger partial charge is 0.399 e. The maximum Gasteiger partial charge on any atom is 0.494 e. The zero-order valence-electron chi connectivity index (χ0n) is 14.4. The van der Waals surface area contributed by atoms with Crippen molar-refractivity contribution in [1.29, 1.82) is 5.26 Å². The van der Waals surface area contributed by atoms with Gasteiger partial charge in [-0.15, -0.1) is 0 Å². The van der Waals surface area contributed by atoms with Crippen LogP contribution in [0.2, 0.25) is 0 Å². The molecule has 2 saturated heterocycles. The summed E-state index contributed by atoms with van der Waals surface area (Å²) in [5.74, 6) is 0.311. The molecule has 0 aromatic heterocycles. The zero-order chi connectivity index (χ0) is 16.7. The van der Waals surface area contributed by atoms with Gasteiger partial charge in [-0.1, -0.05) is 12.1 Å². The van der Waals surface area contributed by atoms with Crippen LogP contribution in [0.15, 0.2) is 18.2 Å². The summed E-state index contributed by atoms with van der Waals surface area (Å²) in [6.07, 6.45) is 2.12. The summed E-state index contributed by atoms with van der Waals surface area (Å²) in [6.45, 7) is 9.66. The molecule has 122 valence electrons. The molecule has 2 heterocycles. The molecule has 5 heteroatoms. The van der Waals surface area contributed by atoms with Gasteiger partial charge in [-0.05, 0) is 57.6 Å². The van der Waals surface area contributed by atoms with Gasteiger partial charge in [0, 0.05) is 12.5 Å². The van der Waals surface area contributed by atoms with Gasteiger partial charge in [-0.2, -0.15) is 5.26 Å². The van der Waals surface area contributed by atoms with Crippen LogP contribution in [0.3, 0.4) is 0 Å². The van der Waals surface area contributed by atoms with E-state index in [9.17, 15) is 5.26 Å². The second-order valence-electron chi connectivity index (χ2n) is 7.46. The molecule has 2 aliphatic heterocycles. The van der Waals surface area contributed by atoms with Crippen molar-refractivity contribution in [1.82, 2.24) is 0 Å². The van der Waals surface area contributed by atoms with E-state index in [4.69, 9.17) is 14.0 Å². The minimum Gasteiger partial charge on any atom is -0.399 e. The largest absolute Gasteiger partial charge is 0.494 e. The highest BCUT2D eigenvalue weighted by Crippen LogP contribution is 2.36. The first kappa shape index (κ1) is 16.5. The molecule has 23 heavy (non-hydrogen) atoms. The van der Waals surface area contributed by atoms with Crippen LogP contribution < -0.4 is 5.46 Å². The Kier molecular flexibility index (Phi) is 4.26. The Morgan fingerprint density at radius 2 is 1.87 bits per heavy atom. The number of rotatable bonds is 2. The Morgan fingerprint density at radius 1 is 1.17 bits per heavy atom. The van der Waals surface area contributed by atoms with Crippen LogP contribution in [0.25, 0.3) is 0 Å². The van der Waals surface area contributed by atoms with Crippen molar-refractivity contribution in [3.63, 3.8) is 0 Å². The van der Waals surface area contributed by atoms with Crippen LogP contribution in [-0.4, -0.2) is 31.5 Å². The fraction of sp³-hybridized carbons (Fsp3) is 0.611. The summed E-state index contributed by atoms with van der Waals surface area (Å²) in [7, 11) is -0.427. The van der Waals surface area contributed by atoms with Gasteiger partial charge in [-0.25, -0.2) is 0 Å². The van der Waals surface area contributed by atoms with Crippen molar-refractivity contribution < 1.29 is 14.0 Å². The van der Waals surface area contributed by atoms with Gasteiger partial charge in [0.25, 0.3) is 0 Å². The molecule has 0 N–H and O–H groups in total. The monoisotopic (exact) mass is 313 g/mol. The third-order valence-corrected chi connectivity index (χ3v) is 5.32. The quantitative estimate of drug-likeness (QED) is 0.788. The number of hydrogen-bond acceptors (Lipinski definition) is 4. The van der Waals surface area contributed by atoms with E-state index in [0.717, 1.165) is 30.5 Å². The van der Waals surface area contributed by atoms with Crippen LogP contribution in [0, 0.1) is 11.3 Å². The molecule has 1 atom stereocenters. The van der Waals surface area contributed by atoms with Gasteiger partial charge in [0.1, 0.15) is 0 Å². The SMILES string of the molecule is CC1(C)OB(c2ccc(C3CCCOC3)c(C#N)c2)OC1(C)C. The lowest BCUT2D eigenvalue weighted by molar-refractivity contribution is 0.00578. The molecule has 0 amide bonds. The molecule has 0 bridgehead atoms. The fourth-order valence-corrected chi connectivity index (χ4v) is 3.14. The minimum atomic E-state index is -0.427. The molecule has 0 saturated carbocycles. The van der Waals surface area contributed by atoms with Crippen LogP contribution in [0.4, 0.5) is 0 Å². The van der Waals surface area contributed by atoms with E-state index >= 15 is 0 Å². The molecule has 3 rings (SSSR count). The van der Waals surface area contributed by atoms with Gasteiger partial charge < -0.3 is 14.0 Å². The Hall–Kier alpha value is -1.35. The predicted octanol–water partition coefficient (Wildman–Crippen LogP) is 2.75. The van der Waals surface area contributed by atoms with Crippen molar-refractivity contribution in [2.45, 2.75) is 57.7 Å². The van der Waals surface area contributed by atoms with Crippen molar-refractivity contribution in [2.75, 3.05) is 13.2 Å². The van der Waals surface area contributed by atoms with E-state index in [1.165, 1.54) is 0 Å². The zero-order valence-corrected chi connectivity index (χ0v) is 14.4. The maximum atomic E-state index is 9.55. The average Bonchev–Trinajstić information content (AvgIpc) is 2.75. The summed E-state index contributed by atoms with van der Waals surface area (Å²) < 4.78 is 17.7. The molecule has 0 spiro atoms. The average molecular weight is 313 g/mol.